The van der Waals surface area contributed by atoms with Crippen LogP contribution in [0.3, 0.4) is 0 Å². The quantitative estimate of drug-likeness (QED) is 0.326. The number of rotatable bonds is 8. The lowest BCUT2D eigenvalue weighted by atomic mass is 9.87. The van der Waals surface area contributed by atoms with Crippen molar-refractivity contribution in [2.75, 3.05) is 20.3 Å². The van der Waals surface area contributed by atoms with E-state index >= 15 is 0 Å². The van der Waals surface area contributed by atoms with E-state index in [1.54, 1.807) is 37.7 Å². The molecular formula is C26H30N2O3S. The molecule has 0 radical (unpaired) electrons. The Hall–Kier alpha value is -2.44. The Labute approximate surface area is 193 Å². The third kappa shape index (κ3) is 4.14. The molecule has 2 aliphatic heterocycles. The Morgan fingerprint density at radius 3 is 2.66 bits per heavy atom. The van der Waals surface area contributed by atoms with Crippen molar-refractivity contribution < 1.29 is 14.3 Å². The molecule has 168 valence electrons. The highest BCUT2D eigenvalue weighted by atomic mass is 32.1. The SMILES string of the molecule is COc1cc(C(C)=O)ccc1OCCCN1C2CCC1CC(c1nsc3ccccc13)C2. The van der Waals surface area contributed by atoms with Crippen molar-refractivity contribution in [3.63, 3.8) is 0 Å². The summed E-state index contributed by atoms with van der Waals surface area (Å²) in [6.45, 7) is 3.27. The highest BCUT2D eigenvalue weighted by Crippen LogP contribution is 2.44. The van der Waals surface area contributed by atoms with Gasteiger partial charge in [0, 0.05) is 35.5 Å². The lowest BCUT2D eigenvalue weighted by molar-refractivity contribution is 0.101. The fraction of sp³-hybridized carbons (Fsp3) is 0.462. The average Bonchev–Trinajstić information content (AvgIpc) is 3.34. The highest BCUT2D eigenvalue weighted by molar-refractivity contribution is 7.13. The van der Waals surface area contributed by atoms with Gasteiger partial charge in [-0.15, -0.1) is 0 Å². The summed E-state index contributed by atoms with van der Waals surface area (Å²) in [7, 11) is 1.61. The monoisotopic (exact) mass is 450 g/mol. The van der Waals surface area contributed by atoms with Crippen LogP contribution in [0.25, 0.3) is 10.1 Å². The largest absolute Gasteiger partial charge is 0.493 e. The molecule has 2 atom stereocenters. The van der Waals surface area contributed by atoms with Gasteiger partial charge in [-0.3, -0.25) is 9.69 Å². The third-order valence-electron chi connectivity index (χ3n) is 7.06. The molecule has 2 aromatic carbocycles. The zero-order valence-corrected chi connectivity index (χ0v) is 19.6. The first-order chi connectivity index (χ1) is 15.6. The molecule has 5 nitrogen and oxygen atoms in total. The first-order valence-corrected chi connectivity index (χ1v) is 12.3. The number of ether oxygens (including phenoxy) is 2. The van der Waals surface area contributed by atoms with E-state index in [9.17, 15) is 4.79 Å². The van der Waals surface area contributed by atoms with Gasteiger partial charge in [0.25, 0.3) is 0 Å². The van der Waals surface area contributed by atoms with Crippen LogP contribution >= 0.6 is 11.5 Å². The van der Waals surface area contributed by atoms with Crippen LogP contribution in [0.2, 0.25) is 0 Å². The first kappa shape index (κ1) is 21.4. The molecule has 2 bridgehead atoms. The van der Waals surface area contributed by atoms with Gasteiger partial charge in [0.1, 0.15) is 0 Å². The van der Waals surface area contributed by atoms with E-state index < -0.39 is 0 Å². The van der Waals surface area contributed by atoms with Gasteiger partial charge in [0.2, 0.25) is 0 Å². The van der Waals surface area contributed by atoms with E-state index in [0.717, 1.165) is 13.0 Å². The minimum atomic E-state index is 0.0272. The number of nitrogens with zero attached hydrogens (tertiary/aromatic N) is 2. The maximum absolute atomic E-state index is 11.6. The summed E-state index contributed by atoms with van der Waals surface area (Å²) in [6, 6.07) is 15.4. The van der Waals surface area contributed by atoms with Crippen molar-refractivity contribution in [3.8, 4) is 11.5 Å². The number of fused-ring (bicyclic) bond motifs is 3. The second kappa shape index (κ2) is 9.20. The van der Waals surface area contributed by atoms with Crippen LogP contribution in [0.1, 0.15) is 61.0 Å². The van der Waals surface area contributed by atoms with Crippen LogP contribution in [-0.4, -0.2) is 47.4 Å². The molecule has 2 saturated heterocycles. The van der Waals surface area contributed by atoms with Crippen LogP contribution in [-0.2, 0) is 0 Å². The standard InChI is InChI=1S/C26H30N2O3S/c1-17(29)18-8-11-23(24(16-18)30-2)31-13-5-12-28-20-9-10-21(28)15-19(14-20)26-22-6-3-4-7-25(22)32-27-26/h3-4,6-8,11,16,19-21H,5,9-10,12-15H2,1-2H3. The summed E-state index contributed by atoms with van der Waals surface area (Å²) in [5.74, 6) is 1.93. The number of carbonyl (C=O) groups is 1. The van der Waals surface area contributed by atoms with Crippen molar-refractivity contribution in [1.29, 1.82) is 0 Å². The van der Waals surface area contributed by atoms with Gasteiger partial charge in [0.15, 0.2) is 17.3 Å². The van der Waals surface area contributed by atoms with E-state index in [2.05, 4.69) is 29.2 Å². The maximum atomic E-state index is 11.6. The molecule has 1 aromatic heterocycles. The third-order valence-corrected chi connectivity index (χ3v) is 7.91. The lowest BCUT2D eigenvalue weighted by Crippen LogP contribution is -2.43. The van der Waals surface area contributed by atoms with E-state index in [4.69, 9.17) is 13.8 Å². The molecule has 2 aliphatic rings. The van der Waals surface area contributed by atoms with Gasteiger partial charge < -0.3 is 9.47 Å². The molecule has 6 heteroatoms. The minimum absolute atomic E-state index is 0.0272. The number of benzene rings is 2. The molecule has 0 aliphatic carbocycles. The van der Waals surface area contributed by atoms with E-state index in [0.29, 0.717) is 41.7 Å². The summed E-state index contributed by atoms with van der Waals surface area (Å²) in [6.07, 6.45) is 6.00. The van der Waals surface area contributed by atoms with Gasteiger partial charge in [-0.25, -0.2) is 0 Å². The van der Waals surface area contributed by atoms with Gasteiger partial charge in [-0.1, -0.05) is 18.2 Å². The van der Waals surface area contributed by atoms with Crippen molar-refractivity contribution in [2.24, 2.45) is 0 Å². The number of piperidine rings is 1. The number of hydrogen-bond donors (Lipinski definition) is 0. The first-order valence-electron chi connectivity index (χ1n) is 11.6. The van der Waals surface area contributed by atoms with Crippen LogP contribution in [0, 0.1) is 0 Å². The topological polar surface area (TPSA) is 51.7 Å². The molecule has 2 unspecified atom stereocenters. The van der Waals surface area contributed by atoms with Crippen molar-refractivity contribution in [3.05, 3.63) is 53.7 Å². The summed E-state index contributed by atoms with van der Waals surface area (Å²) in [5, 5.41) is 1.36. The maximum Gasteiger partial charge on any atom is 0.161 e. The number of methoxy groups -OCH3 is 1. The van der Waals surface area contributed by atoms with Gasteiger partial charge >= 0.3 is 0 Å². The predicted octanol–water partition coefficient (Wildman–Crippen LogP) is 5.69. The van der Waals surface area contributed by atoms with Crippen LogP contribution in [0.5, 0.6) is 11.5 Å². The molecule has 5 rings (SSSR count). The predicted molar refractivity (Wildman–Crippen MR) is 128 cm³/mol. The molecule has 2 fully saturated rings. The Morgan fingerprint density at radius 2 is 1.91 bits per heavy atom. The molecule has 0 saturated carbocycles. The number of ketones is 1. The molecule has 3 heterocycles. The number of hydrogen-bond acceptors (Lipinski definition) is 6. The van der Waals surface area contributed by atoms with Gasteiger partial charge in [-0.2, -0.15) is 4.37 Å². The smallest absolute Gasteiger partial charge is 0.161 e. The summed E-state index contributed by atoms with van der Waals surface area (Å²) >= 11 is 1.64. The minimum Gasteiger partial charge on any atom is -0.493 e. The van der Waals surface area contributed by atoms with E-state index in [1.165, 1.54) is 41.5 Å². The van der Waals surface area contributed by atoms with Crippen LogP contribution in [0.4, 0.5) is 0 Å². The van der Waals surface area contributed by atoms with Crippen LogP contribution < -0.4 is 9.47 Å². The lowest BCUT2D eigenvalue weighted by Gasteiger charge is -2.38. The summed E-state index contributed by atoms with van der Waals surface area (Å²) in [4.78, 5) is 14.3. The number of Topliss-reactive ketones (excluding diaryl/α,β-unsaturated/α-hetero) is 1. The fourth-order valence-electron chi connectivity index (χ4n) is 5.50. The zero-order valence-electron chi connectivity index (χ0n) is 18.8. The normalized spacial score (nSPS) is 22.9. The molecule has 0 spiro atoms. The zero-order chi connectivity index (χ0) is 22.1. The Bertz CT molecular complexity index is 1100. The molecule has 3 aromatic rings. The molecule has 0 amide bonds. The molecular weight excluding hydrogens is 420 g/mol. The number of carbonyl (C=O) groups excluding carboxylic acids is 1. The second-order valence-electron chi connectivity index (χ2n) is 8.98. The van der Waals surface area contributed by atoms with Crippen molar-refractivity contribution in [1.82, 2.24) is 9.27 Å². The molecule has 32 heavy (non-hydrogen) atoms. The Kier molecular flexibility index (Phi) is 6.15. The van der Waals surface area contributed by atoms with Gasteiger partial charge in [-0.05, 0) is 74.8 Å². The average molecular weight is 451 g/mol. The van der Waals surface area contributed by atoms with Crippen molar-refractivity contribution >= 4 is 27.4 Å². The van der Waals surface area contributed by atoms with E-state index in [1.807, 2.05) is 6.07 Å². The summed E-state index contributed by atoms with van der Waals surface area (Å²) in [5.41, 5.74) is 1.97. The van der Waals surface area contributed by atoms with Crippen molar-refractivity contribution in [2.45, 2.75) is 57.0 Å². The highest BCUT2D eigenvalue weighted by Gasteiger charge is 2.41. The number of aromatic nitrogens is 1. The van der Waals surface area contributed by atoms with Gasteiger partial charge in [0.05, 0.1) is 24.1 Å². The van der Waals surface area contributed by atoms with E-state index in [-0.39, 0.29) is 5.78 Å². The Morgan fingerprint density at radius 1 is 1.12 bits per heavy atom. The Balaban J connectivity index is 1.17. The fourth-order valence-corrected chi connectivity index (χ4v) is 6.35. The molecule has 0 N–H and O–H groups in total. The second-order valence-corrected chi connectivity index (χ2v) is 9.78. The summed E-state index contributed by atoms with van der Waals surface area (Å²) < 4.78 is 17.6. The van der Waals surface area contributed by atoms with Crippen LogP contribution in [0.15, 0.2) is 42.5 Å².